The van der Waals surface area contributed by atoms with Gasteiger partial charge in [-0.2, -0.15) is 0 Å². The summed E-state index contributed by atoms with van der Waals surface area (Å²) in [5, 5.41) is 0.757. The van der Waals surface area contributed by atoms with E-state index < -0.39 is 0 Å². The third-order valence-corrected chi connectivity index (χ3v) is 2.07. The minimum absolute atomic E-state index is 0.750. The molecule has 0 unspecified atom stereocenters. The van der Waals surface area contributed by atoms with Crippen LogP contribution in [-0.2, 0) is 0 Å². The van der Waals surface area contributed by atoms with Gasteiger partial charge in [-0.05, 0) is 34.6 Å². The number of hydrogen-bond donors (Lipinski definition) is 1. The van der Waals surface area contributed by atoms with Crippen LogP contribution in [0.1, 0.15) is 6.92 Å². The van der Waals surface area contributed by atoms with E-state index in [0.717, 1.165) is 16.0 Å². The van der Waals surface area contributed by atoms with Gasteiger partial charge in [0.25, 0.3) is 0 Å². The quantitative estimate of drug-likeness (QED) is 0.736. The summed E-state index contributed by atoms with van der Waals surface area (Å²) in [4.78, 5) is 0. The highest BCUT2D eigenvalue weighted by Crippen LogP contribution is 2.20. The van der Waals surface area contributed by atoms with Crippen LogP contribution in [-0.4, -0.2) is 6.54 Å². The van der Waals surface area contributed by atoms with E-state index in [-0.39, 0.29) is 0 Å². The van der Waals surface area contributed by atoms with Crippen molar-refractivity contribution in [3.05, 3.63) is 33.8 Å². The van der Waals surface area contributed by atoms with Gasteiger partial charge in [0.2, 0.25) is 0 Å². The largest absolute Gasteiger partial charge is 0.331 e. The summed E-state index contributed by atoms with van der Waals surface area (Å²) in [6.07, 6.45) is 0. The molecule has 2 N–H and O–H groups in total. The Labute approximate surface area is 80.7 Å². The number of hydrogen-bond acceptors (Lipinski definition) is 1. The van der Waals surface area contributed by atoms with Crippen molar-refractivity contribution in [3.8, 4) is 0 Å². The molecule has 0 aliphatic rings. The molecule has 0 heterocycles. The van der Waals surface area contributed by atoms with E-state index in [2.05, 4.69) is 15.9 Å². The molecule has 11 heavy (non-hydrogen) atoms. The standard InChI is InChI=1S/C6H4BrCl.C2H7N/c7-5-3-1-2-4-6(5)8;1-2-3/h1-4H;2-3H2,1H3. The van der Waals surface area contributed by atoms with Crippen molar-refractivity contribution in [2.24, 2.45) is 5.73 Å². The first kappa shape index (κ1) is 11.0. The minimum atomic E-state index is 0.750. The topological polar surface area (TPSA) is 26.0 Å². The molecule has 0 amide bonds. The van der Waals surface area contributed by atoms with Crippen LogP contribution in [0.25, 0.3) is 0 Å². The molecule has 1 aromatic carbocycles. The molecule has 0 saturated heterocycles. The van der Waals surface area contributed by atoms with E-state index in [1.54, 1.807) is 0 Å². The molecule has 3 heteroatoms. The SMILES string of the molecule is CCN.Clc1ccccc1Br. The molecule has 0 fully saturated rings. The van der Waals surface area contributed by atoms with E-state index in [4.69, 9.17) is 17.3 Å². The Morgan fingerprint density at radius 1 is 1.45 bits per heavy atom. The van der Waals surface area contributed by atoms with Crippen LogP contribution < -0.4 is 5.73 Å². The first-order valence-corrected chi connectivity index (χ1v) is 4.49. The predicted molar refractivity (Wildman–Crippen MR) is 53.9 cm³/mol. The molecule has 0 aliphatic heterocycles. The van der Waals surface area contributed by atoms with Gasteiger partial charge in [0.15, 0.2) is 0 Å². The van der Waals surface area contributed by atoms with Gasteiger partial charge < -0.3 is 5.73 Å². The van der Waals surface area contributed by atoms with Crippen molar-refractivity contribution in [1.29, 1.82) is 0 Å². The molecule has 1 aromatic rings. The molecule has 0 aliphatic carbocycles. The van der Waals surface area contributed by atoms with Gasteiger partial charge in [-0.1, -0.05) is 30.7 Å². The zero-order chi connectivity index (χ0) is 8.69. The maximum absolute atomic E-state index is 5.66. The highest BCUT2D eigenvalue weighted by Gasteiger charge is 1.88. The van der Waals surface area contributed by atoms with Crippen LogP contribution in [0.15, 0.2) is 28.7 Å². The van der Waals surface area contributed by atoms with Crippen molar-refractivity contribution >= 4 is 27.5 Å². The molecular formula is C8H11BrClN. The zero-order valence-corrected chi connectivity index (χ0v) is 8.69. The van der Waals surface area contributed by atoms with Crippen LogP contribution in [0.3, 0.4) is 0 Å². The van der Waals surface area contributed by atoms with Gasteiger partial charge in [-0.25, -0.2) is 0 Å². The second kappa shape index (κ2) is 6.65. The number of rotatable bonds is 0. The van der Waals surface area contributed by atoms with Crippen molar-refractivity contribution in [2.45, 2.75) is 6.92 Å². The van der Waals surface area contributed by atoms with E-state index in [1.807, 2.05) is 31.2 Å². The van der Waals surface area contributed by atoms with Gasteiger partial charge >= 0.3 is 0 Å². The lowest BCUT2D eigenvalue weighted by molar-refractivity contribution is 1.14. The Hall–Kier alpha value is -0.0500. The highest BCUT2D eigenvalue weighted by atomic mass is 79.9. The fourth-order valence-corrected chi connectivity index (χ4v) is 0.860. The minimum Gasteiger partial charge on any atom is -0.331 e. The normalized spacial score (nSPS) is 8.36. The van der Waals surface area contributed by atoms with Crippen molar-refractivity contribution < 1.29 is 0 Å². The van der Waals surface area contributed by atoms with Gasteiger partial charge in [-0.15, -0.1) is 0 Å². The molecule has 0 saturated carbocycles. The van der Waals surface area contributed by atoms with Crippen LogP contribution in [0, 0.1) is 0 Å². The Kier molecular flexibility index (Phi) is 6.62. The Morgan fingerprint density at radius 2 is 1.91 bits per heavy atom. The van der Waals surface area contributed by atoms with Crippen LogP contribution in [0.5, 0.6) is 0 Å². The summed E-state index contributed by atoms with van der Waals surface area (Å²) < 4.78 is 0.946. The average Bonchev–Trinajstić information content (AvgIpc) is 1.97. The van der Waals surface area contributed by atoms with E-state index in [9.17, 15) is 0 Å². The molecule has 62 valence electrons. The lowest BCUT2D eigenvalue weighted by Gasteiger charge is -1.88. The second-order valence-electron chi connectivity index (χ2n) is 1.82. The average molecular weight is 237 g/mol. The second-order valence-corrected chi connectivity index (χ2v) is 3.08. The fourth-order valence-electron chi connectivity index (χ4n) is 0.439. The molecule has 0 bridgehead atoms. The van der Waals surface area contributed by atoms with Crippen molar-refractivity contribution in [1.82, 2.24) is 0 Å². The molecule has 1 nitrogen and oxygen atoms in total. The molecule has 0 spiro atoms. The summed E-state index contributed by atoms with van der Waals surface area (Å²) in [7, 11) is 0. The molecular weight excluding hydrogens is 225 g/mol. The van der Waals surface area contributed by atoms with E-state index >= 15 is 0 Å². The third-order valence-electron chi connectivity index (χ3n) is 0.824. The number of benzene rings is 1. The van der Waals surface area contributed by atoms with Gasteiger partial charge in [0, 0.05) is 4.47 Å². The number of nitrogens with two attached hydrogens (primary N) is 1. The summed E-state index contributed by atoms with van der Waals surface area (Å²) >= 11 is 8.93. The van der Waals surface area contributed by atoms with Crippen LogP contribution in [0.2, 0.25) is 5.02 Å². The van der Waals surface area contributed by atoms with Gasteiger partial charge in [0.05, 0.1) is 5.02 Å². The lowest BCUT2D eigenvalue weighted by Crippen LogP contribution is -1.87. The summed E-state index contributed by atoms with van der Waals surface area (Å²) in [5.41, 5.74) is 4.85. The zero-order valence-electron chi connectivity index (χ0n) is 6.35. The number of halogens is 2. The highest BCUT2D eigenvalue weighted by molar-refractivity contribution is 9.10. The molecule has 0 aromatic heterocycles. The van der Waals surface area contributed by atoms with Crippen LogP contribution in [0.4, 0.5) is 0 Å². The van der Waals surface area contributed by atoms with E-state index in [0.29, 0.717) is 0 Å². The summed E-state index contributed by atoms with van der Waals surface area (Å²) in [6, 6.07) is 7.57. The maximum atomic E-state index is 5.66. The first-order chi connectivity index (χ1) is 5.22. The first-order valence-electron chi connectivity index (χ1n) is 3.32. The smallest absolute Gasteiger partial charge is 0.0548 e. The lowest BCUT2D eigenvalue weighted by atomic mass is 10.4. The maximum Gasteiger partial charge on any atom is 0.0548 e. The Balaban J connectivity index is 0.000000292. The van der Waals surface area contributed by atoms with Crippen molar-refractivity contribution in [2.75, 3.05) is 6.54 Å². The molecule has 0 atom stereocenters. The summed E-state index contributed by atoms with van der Waals surface area (Å²) in [6.45, 7) is 2.65. The van der Waals surface area contributed by atoms with E-state index in [1.165, 1.54) is 0 Å². The predicted octanol–water partition coefficient (Wildman–Crippen LogP) is 3.07. The van der Waals surface area contributed by atoms with Crippen LogP contribution >= 0.6 is 27.5 Å². The van der Waals surface area contributed by atoms with Gasteiger partial charge in [0.1, 0.15) is 0 Å². The Morgan fingerprint density at radius 3 is 2.18 bits per heavy atom. The molecule has 0 radical (unpaired) electrons. The Bertz CT molecular complexity index is 182. The molecule has 1 rings (SSSR count). The monoisotopic (exact) mass is 235 g/mol. The van der Waals surface area contributed by atoms with Gasteiger partial charge in [-0.3, -0.25) is 0 Å². The third kappa shape index (κ3) is 5.24. The van der Waals surface area contributed by atoms with Crippen molar-refractivity contribution in [3.63, 3.8) is 0 Å². The fraction of sp³-hybridized carbons (Fsp3) is 0.250. The summed E-state index contributed by atoms with van der Waals surface area (Å²) in [5.74, 6) is 0.